The molecule has 0 bridgehead atoms. The van der Waals surface area contributed by atoms with Crippen molar-refractivity contribution in [1.29, 1.82) is 0 Å². The number of hydrogen-bond acceptors (Lipinski definition) is 5. The molecule has 1 rings (SSSR count). The summed E-state index contributed by atoms with van der Waals surface area (Å²) in [4.78, 5) is 39.8. The highest BCUT2D eigenvalue weighted by Gasteiger charge is 2.33. The van der Waals surface area contributed by atoms with E-state index < -0.39 is 6.04 Å². The van der Waals surface area contributed by atoms with Gasteiger partial charge < -0.3 is 15.0 Å². The van der Waals surface area contributed by atoms with E-state index in [1.165, 1.54) is 0 Å². The number of likely N-dealkylation sites (tertiary alicyclic amines) is 1. The highest BCUT2D eigenvalue weighted by molar-refractivity contribution is 5.86. The molecule has 1 saturated heterocycles. The van der Waals surface area contributed by atoms with Gasteiger partial charge in [-0.25, -0.2) is 4.79 Å². The molecule has 24 heavy (non-hydrogen) atoms. The van der Waals surface area contributed by atoms with Crippen molar-refractivity contribution in [2.24, 2.45) is 0 Å². The number of rotatable bonds is 6. The Morgan fingerprint density at radius 2 is 1.88 bits per heavy atom. The molecule has 138 valence electrons. The molecule has 2 amide bonds. The number of amides is 2. The summed E-state index contributed by atoms with van der Waals surface area (Å²) in [6, 6.07) is -0.497. The fourth-order valence-electron chi connectivity index (χ4n) is 2.79. The predicted octanol–water partition coefficient (Wildman–Crippen LogP) is 0.777. The number of likely N-dealkylation sites (N-methyl/N-ethyl adjacent to an activating group) is 1. The molecule has 1 aliphatic rings. The van der Waals surface area contributed by atoms with Gasteiger partial charge in [0.1, 0.15) is 6.04 Å². The minimum Gasteiger partial charge on any atom is -0.464 e. The second-order valence-corrected chi connectivity index (χ2v) is 7.32. The molecular weight excluding hydrogens is 310 g/mol. The van der Waals surface area contributed by atoms with Gasteiger partial charge in [-0.15, -0.1) is 0 Å². The van der Waals surface area contributed by atoms with E-state index >= 15 is 0 Å². The van der Waals surface area contributed by atoms with Gasteiger partial charge in [0.25, 0.3) is 0 Å². The molecule has 0 radical (unpaired) electrons. The van der Waals surface area contributed by atoms with Crippen LogP contribution in [-0.4, -0.2) is 72.5 Å². The Kier molecular flexibility index (Phi) is 7.66. The average molecular weight is 341 g/mol. The molecule has 0 aromatic carbocycles. The molecule has 7 nitrogen and oxygen atoms in total. The van der Waals surface area contributed by atoms with Gasteiger partial charge in [-0.2, -0.15) is 0 Å². The summed E-state index contributed by atoms with van der Waals surface area (Å²) < 4.78 is 5.08. The zero-order valence-corrected chi connectivity index (χ0v) is 15.6. The summed E-state index contributed by atoms with van der Waals surface area (Å²) in [5.74, 6) is -0.601. The predicted molar refractivity (Wildman–Crippen MR) is 91.4 cm³/mol. The molecule has 0 saturated carbocycles. The summed E-state index contributed by atoms with van der Waals surface area (Å²) >= 11 is 0. The van der Waals surface area contributed by atoms with Crippen LogP contribution in [0.25, 0.3) is 0 Å². The van der Waals surface area contributed by atoms with Crippen molar-refractivity contribution in [2.75, 3.05) is 33.3 Å². The lowest BCUT2D eigenvalue weighted by Gasteiger charge is -2.35. The van der Waals surface area contributed by atoms with Gasteiger partial charge in [-0.05, 0) is 54.0 Å². The van der Waals surface area contributed by atoms with E-state index in [1.54, 1.807) is 23.8 Å². The van der Waals surface area contributed by atoms with Crippen molar-refractivity contribution in [3.8, 4) is 0 Å². The van der Waals surface area contributed by atoms with E-state index in [-0.39, 0.29) is 36.4 Å². The molecule has 1 aliphatic heterocycles. The van der Waals surface area contributed by atoms with Crippen molar-refractivity contribution in [1.82, 2.24) is 15.1 Å². The number of nitrogens with zero attached hydrogens (tertiary/aromatic N) is 2. The van der Waals surface area contributed by atoms with Crippen LogP contribution in [0.15, 0.2) is 0 Å². The van der Waals surface area contributed by atoms with Crippen LogP contribution in [0, 0.1) is 0 Å². The van der Waals surface area contributed by atoms with Gasteiger partial charge in [0.2, 0.25) is 11.8 Å². The normalized spacial score (nSPS) is 18.4. The first kappa shape index (κ1) is 20.4. The monoisotopic (exact) mass is 341 g/mol. The van der Waals surface area contributed by atoms with Gasteiger partial charge in [0.05, 0.1) is 19.7 Å². The van der Waals surface area contributed by atoms with Gasteiger partial charge in [0.15, 0.2) is 0 Å². The number of carbonyl (C=O) groups excluding carboxylic acids is 3. The van der Waals surface area contributed by atoms with E-state index in [0.29, 0.717) is 19.6 Å². The Morgan fingerprint density at radius 3 is 2.46 bits per heavy atom. The summed E-state index contributed by atoms with van der Waals surface area (Å²) in [5.41, 5.74) is -0.302. The van der Waals surface area contributed by atoms with Gasteiger partial charge in [-0.3, -0.25) is 14.5 Å². The third-order valence-electron chi connectivity index (χ3n) is 3.71. The summed E-state index contributed by atoms with van der Waals surface area (Å²) in [5, 5.41) is 2.87. The van der Waals surface area contributed by atoms with E-state index in [0.717, 1.165) is 12.8 Å². The van der Waals surface area contributed by atoms with Crippen LogP contribution in [0.4, 0.5) is 0 Å². The van der Waals surface area contributed by atoms with Crippen LogP contribution in [0.2, 0.25) is 0 Å². The molecule has 1 N–H and O–H groups in total. The summed E-state index contributed by atoms with van der Waals surface area (Å²) in [6.07, 6.45) is 2.44. The highest BCUT2D eigenvalue weighted by Crippen LogP contribution is 2.18. The molecule has 0 unspecified atom stereocenters. The maximum Gasteiger partial charge on any atom is 0.328 e. The standard InChI is InChI=1S/C17H31N3O4/c1-6-24-16(23)13-9-7-8-10-20(13)15(22)12-19(5)11-14(21)18-17(2,3)4/h13H,6-12H2,1-5H3,(H,18,21)/t13-/m1/s1. The Bertz CT molecular complexity index is 459. The summed E-state index contributed by atoms with van der Waals surface area (Å²) in [7, 11) is 1.73. The maximum absolute atomic E-state index is 12.5. The van der Waals surface area contributed by atoms with Crippen molar-refractivity contribution < 1.29 is 19.1 Å². The number of hydrogen-bond donors (Lipinski definition) is 1. The zero-order chi connectivity index (χ0) is 18.3. The topological polar surface area (TPSA) is 79.0 Å². The lowest BCUT2D eigenvalue weighted by molar-refractivity contribution is -0.157. The lowest BCUT2D eigenvalue weighted by Crippen LogP contribution is -2.52. The Balaban J connectivity index is 2.57. The van der Waals surface area contributed by atoms with Gasteiger partial charge in [-0.1, -0.05) is 0 Å². The molecule has 0 aromatic rings. The quantitative estimate of drug-likeness (QED) is 0.722. The van der Waals surface area contributed by atoms with Crippen molar-refractivity contribution in [3.05, 3.63) is 0 Å². The first-order valence-corrected chi connectivity index (χ1v) is 8.59. The maximum atomic E-state index is 12.5. The van der Waals surface area contributed by atoms with Crippen LogP contribution >= 0.6 is 0 Å². The molecule has 7 heteroatoms. The molecule has 1 heterocycles. The number of piperidine rings is 1. The third-order valence-corrected chi connectivity index (χ3v) is 3.71. The fraction of sp³-hybridized carbons (Fsp3) is 0.824. The smallest absolute Gasteiger partial charge is 0.328 e. The average Bonchev–Trinajstić information content (AvgIpc) is 2.45. The second-order valence-electron chi connectivity index (χ2n) is 7.32. The molecule has 0 aromatic heterocycles. The second kappa shape index (κ2) is 9.01. The number of esters is 1. The van der Waals surface area contributed by atoms with Crippen LogP contribution in [0.1, 0.15) is 47.0 Å². The van der Waals surface area contributed by atoms with E-state index in [2.05, 4.69) is 5.32 Å². The first-order valence-electron chi connectivity index (χ1n) is 8.59. The van der Waals surface area contributed by atoms with Crippen molar-refractivity contribution >= 4 is 17.8 Å². The van der Waals surface area contributed by atoms with Gasteiger partial charge >= 0.3 is 5.97 Å². The molecule has 0 aliphatic carbocycles. The largest absolute Gasteiger partial charge is 0.464 e. The molecule has 1 atom stereocenters. The van der Waals surface area contributed by atoms with E-state index in [9.17, 15) is 14.4 Å². The Labute approximate surface area is 144 Å². The van der Waals surface area contributed by atoms with Crippen LogP contribution in [0.3, 0.4) is 0 Å². The lowest BCUT2D eigenvalue weighted by atomic mass is 10.0. The van der Waals surface area contributed by atoms with Crippen molar-refractivity contribution in [2.45, 2.75) is 58.5 Å². The minimum atomic E-state index is -0.497. The fourth-order valence-corrected chi connectivity index (χ4v) is 2.79. The van der Waals surface area contributed by atoms with E-state index in [1.807, 2.05) is 20.8 Å². The number of nitrogens with one attached hydrogen (secondary N) is 1. The Hall–Kier alpha value is -1.63. The van der Waals surface area contributed by atoms with Crippen LogP contribution in [-0.2, 0) is 19.1 Å². The van der Waals surface area contributed by atoms with Crippen LogP contribution in [0.5, 0.6) is 0 Å². The third kappa shape index (κ3) is 6.86. The zero-order valence-electron chi connectivity index (χ0n) is 15.6. The van der Waals surface area contributed by atoms with Crippen molar-refractivity contribution in [3.63, 3.8) is 0 Å². The first-order chi connectivity index (χ1) is 11.1. The van der Waals surface area contributed by atoms with Crippen LogP contribution < -0.4 is 5.32 Å². The summed E-state index contributed by atoms with van der Waals surface area (Å²) in [6.45, 7) is 8.60. The van der Waals surface area contributed by atoms with Gasteiger partial charge in [0, 0.05) is 12.1 Å². The molecule has 1 fully saturated rings. The highest BCUT2D eigenvalue weighted by atomic mass is 16.5. The molecular formula is C17H31N3O4. The number of ether oxygens (including phenoxy) is 1. The van der Waals surface area contributed by atoms with E-state index in [4.69, 9.17) is 4.74 Å². The Morgan fingerprint density at radius 1 is 1.21 bits per heavy atom. The minimum absolute atomic E-state index is 0.105. The number of carbonyl (C=O) groups is 3. The SMILES string of the molecule is CCOC(=O)[C@H]1CCCCN1C(=O)CN(C)CC(=O)NC(C)(C)C. The molecule has 0 spiro atoms.